The van der Waals surface area contributed by atoms with E-state index in [0.29, 0.717) is 22.8 Å². The van der Waals surface area contributed by atoms with Gasteiger partial charge in [0.1, 0.15) is 35.5 Å². The Labute approximate surface area is 159 Å². The maximum Gasteiger partial charge on any atom is 0.342 e. The molecular formula is C21H25NO5. The number of hydrogen-bond acceptors (Lipinski definition) is 6. The zero-order valence-electron chi connectivity index (χ0n) is 15.7. The normalized spacial score (nSPS) is 14.4. The van der Waals surface area contributed by atoms with E-state index >= 15 is 0 Å². The summed E-state index contributed by atoms with van der Waals surface area (Å²) in [4.78, 5) is 12.6. The topological polar surface area (TPSA) is 66.0 Å². The van der Waals surface area contributed by atoms with Gasteiger partial charge < -0.3 is 24.3 Å². The molecule has 6 nitrogen and oxygen atoms in total. The molecule has 0 unspecified atom stereocenters. The van der Waals surface area contributed by atoms with Gasteiger partial charge in [-0.3, -0.25) is 0 Å². The highest BCUT2D eigenvalue weighted by Crippen LogP contribution is 2.25. The standard InChI is InChI=1S/C21H25NO5/c1-24-17-11-15(12-18(13-17)25-2)14-26-21(23)19-5-3-4-6-20(19)27-16-7-9-22-10-8-16/h3-6,11-13,16,22H,7-10,14H2,1-2H3. The molecule has 6 heteroatoms. The number of rotatable bonds is 7. The zero-order chi connectivity index (χ0) is 19.1. The van der Waals surface area contributed by atoms with E-state index in [9.17, 15) is 4.79 Å². The maximum atomic E-state index is 12.6. The summed E-state index contributed by atoms with van der Waals surface area (Å²) < 4.78 is 22.0. The average Bonchev–Trinajstić information content (AvgIpc) is 2.72. The SMILES string of the molecule is COc1cc(COC(=O)c2ccccc2OC2CCNCC2)cc(OC)c1. The summed E-state index contributed by atoms with van der Waals surface area (Å²) in [5.41, 5.74) is 1.22. The summed E-state index contributed by atoms with van der Waals surface area (Å²) in [6.45, 7) is 1.97. The zero-order valence-corrected chi connectivity index (χ0v) is 15.7. The van der Waals surface area contributed by atoms with Crippen LogP contribution >= 0.6 is 0 Å². The lowest BCUT2D eigenvalue weighted by Gasteiger charge is -2.24. The number of carbonyl (C=O) groups excluding carboxylic acids is 1. The minimum absolute atomic E-state index is 0.114. The fraction of sp³-hybridized carbons (Fsp3) is 0.381. The van der Waals surface area contributed by atoms with Crippen LogP contribution in [0.1, 0.15) is 28.8 Å². The van der Waals surface area contributed by atoms with Crippen molar-refractivity contribution in [1.82, 2.24) is 5.32 Å². The first kappa shape index (κ1) is 19.0. The van der Waals surface area contributed by atoms with Crippen molar-refractivity contribution in [1.29, 1.82) is 0 Å². The Balaban J connectivity index is 1.67. The van der Waals surface area contributed by atoms with Gasteiger partial charge in [0.2, 0.25) is 0 Å². The number of methoxy groups -OCH3 is 2. The Morgan fingerprint density at radius 3 is 2.37 bits per heavy atom. The second-order valence-electron chi connectivity index (χ2n) is 6.36. The van der Waals surface area contributed by atoms with Crippen LogP contribution < -0.4 is 19.5 Å². The molecule has 144 valence electrons. The molecule has 27 heavy (non-hydrogen) atoms. The molecule has 0 amide bonds. The lowest BCUT2D eigenvalue weighted by atomic mass is 10.1. The van der Waals surface area contributed by atoms with Gasteiger partial charge in [0, 0.05) is 6.07 Å². The van der Waals surface area contributed by atoms with Gasteiger partial charge in [-0.2, -0.15) is 0 Å². The first-order valence-corrected chi connectivity index (χ1v) is 9.05. The number of hydrogen-bond donors (Lipinski definition) is 1. The third-order valence-electron chi connectivity index (χ3n) is 4.47. The van der Waals surface area contributed by atoms with Crippen molar-refractivity contribution in [3.05, 3.63) is 53.6 Å². The molecule has 1 N–H and O–H groups in total. The van der Waals surface area contributed by atoms with Crippen molar-refractivity contribution < 1.29 is 23.7 Å². The summed E-state index contributed by atoms with van der Waals surface area (Å²) in [6.07, 6.45) is 1.96. The van der Waals surface area contributed by atoms with Crippen LogP contribution in [-0.2, 0) is 11.3 Å². The van der Waals surface area contributed by atoms with Crippen LogP contribution in [0.2, 0.25) is 0 Å². The van der Waals surface area contributed by atoms with Crippen LogP contribution in [0.4, 0.5) is 0 Å². The van der Waals surface area contributed by atoms with E-state index in [2.05, 4.69) is 5.32 Å². The van der Waals surface area contributed by atoms with Gasteiger partial charge in [-0.05, 0) is 55.8 Å². The lowest BCUT2D eigenvalue weighted by molar-refractivity contribution is 0.0463. The van der Waals surface area contributed by atoms with E-state index < -0.39 is 5.97 Å². The summed E-state index contributed by atoms with van der Waals surface area (Å²) in [5, 5.41) is 3.30. The summed E-state index contributed by atoms with van der Waals surface area (Å²) >= 11 is 0. The molecule has 0 saturated carbocycles. The average molecular weight is 371 g/mol. The van der Waals surface area contributed by atoms with Crippen molar-refractivity contribution in [2.75, 3.05) is 27.3 Å². The van der Waals surface area contributed by atoms with Crippen LogP contribution in [0.5, 0.6) is 17.2 Å². The molecular weight excluding hydrogens is 346 g/mol. The van der Waals surface area contributed by atoms with E-state index in [0.717, 1.165) is 31.5 Å². The van der Waals surface area contributed by atoms with Crippen LogP contribution in [0, 0.1) is 0 Å². The Hall–Kier alpha value is -2.73. The maximum absolute atomic E-state index is 12.6. The van der Waals surface area contributed by atoms with Gasteiger partial charge in [-0.1, -0.05) is 12.1 Å². The molecule has 0 aliphatic carbocycles. The van der Waals surface area contributed by atoms with E-state index in [-0.39, 0.29) is 12.7 Å². The minimum Gasteiger partial charge on any atom is -0.497 e. The first-order valence-electron chi connectivity index (χ1n) is 9.05. The second kappa shape index (κ2) is 9.28. The molecule has 2 aromatic rings. The number of carbonyl (C=O) groups is 1. The highest BCUT2D eigenvalue weighted by Gasteiger charge is 2.19. The third kappa shape index (κ3) is 5.14. The van der Waals surface area contributed by atoms with Crippen molar-refractivity contribution in [2.24, 2.45) is 0 Å². The lowest BCUT2D eigenvalue weighted by Crippen LogP contribution is -2.34. The van der Waals surface area contributed by atoms with Gasteiger partial charge in [0.05, 0.1) is 14.2 Å². The summed E-state index contributed by atoms with van der Waals surface area (Å²) in [6, 6.07) is 12.6. The molecule has 3 rings (SSSR count). The van der Waals surface area contributed by atoms with Gasteiger partial charge in [-0.25, -0.2) is 4.79 Å². The quantitative estimate of drug-likeness (QED) is 0.754. The molecule has 0 aromatic heterocycles. The summed E-state index contributed by atoms with van der Waals surface area (Å²) in [5.74, 6) is 1.45. The fourth-order valence-corrected chi connectivity index (χ4v) is 3.01. The van der Waals surface area contributed by atoms with Gasteiger partial charge in [0.25, 0.3) is 0 Å². The second-order valence-corrected chi connectivity index (χ2v) is 6.36. The van der Waals surface area contributed by atoms with E-state index in [1.165, 1.54) is 0 Å². The van der Waals surface area contributed by atoms with E-state index in [4.69, 9.17) is 18.9 Å². The monoisotopic (exact) mass is 371 g/mol. The predicted molar refractivity (Wildman–Crippen MR) is 102 cm³/mol. The largest absolute Gasteiger partial charge is 0.497 e. The molecule has 1 heterocycles. The van der Waals surface area contributed by atoms with E-state index in [1.807, 2.05) is 24.3 Å². The Morgan fingerprint density at radius 1 is 1.04 bits per heavy atom. The van der Waals surface area contributed by atoms with Gasteiger partial charge in [-0.15, -0.1) is 0 Å². The van der Waals surface area contributed by atoms with Crippen molar-refractivity contribution in [3.63, 3.8) is 0 Å². The van der Waals surface area contributed by atoms with Crippen molar-refractivity contribution >= 4 is 5.97 Å². The van der Waals surface area contributed by atoms with Crippen molar-refractivity contribution in [2.45, 2.75) is 25.6 Å². The highest BCUT2D eigenvalue weighted by molar-refractivity contribution is 5.92. The third-order valence-corrected chi connectivity index (χ3v) is 4.47. The Bertz CT molecular complexity index is 749. The smallest absolute Gasteiger partial charge is 0.342 e. The molecule has 1 saturated heterocycles. The van der Waals surface area contributed by atoms with Crippen LogP contribution in [0.3, 0.4) is 0 Å². The molecule has 1 fully saturated rings. The number of benzene rings is 2. The number of ether oxygens (including phenoxy) is 4. The molecule has 0 bridgehead atoms. The molecule has 1 aliphatic heterocycles. The molecule has 2 aromatic carbocycles. The fourth-order valence-electron chi connectivity index (χ4n) is 3.01. The minimum atomic E-state index is -0.415. The first-order chi connectivity index (χ1) is 13.2. The van der Waals surface area contributed by atoms with Crippen LogP contribution in [-0.4, -0.2) is 39.4 Å². The van der Waals surface area contributed by atoms with E-state index in [1.54, 1.807) is 32.4 Å². The molecule has 0 radical (unpaired) electrons. The molecule has 0 atom stereocenters. The van der Waals surface area contributed by atoms with Crippen LogP contribution in [0.15, 0.2) is 42.5 Å². The Kier molecular flexibility index (Phi) is 6.54. The number of esters is 1. The van der Waals surface area contributed by atoms with Crippen molar-refractivity contribution in [3.8, 4) is 17.2 Å². The number of nitrogens with one attached hydrogen (secondary N) is 1. The van der Waals surface area contributed by atoms with Crippen LogP contribution in [0.25, 0.3) is 0 Å². The number of para-hydroxylation sites is 1. The predicted octanol–water partition coefficient (Wildman–Crippen LogP) is 3.19. The number of piperidine rings is 1. The summed E-state index contributed by atoms with van der Waals surface area (Å²) in [7, 11) is 3.16. The Morgan fingerprint density at radius 2 is 1.70 bits per heavy atom. The highest BCUT2D eigenvalue weighted by atomic mass is 16.5. The van der Waals surface area contributed by atoms with Gasteiger partial charge >= 0.3 is 5.97 Å². The van der Waals surface area contributed by atoms with Gasteiger partial charge in [0.15, 0.2) is 0 Å². The molecule has 0 spiro atoms. The molecule has 1 aliphatic rings.